The Morgan fingerprint density at radius 1 is 0.545 bits per heavy atom. The molecule has 3 aromatic carbocycles. The number of rotatable bonds is 21. The number of benzene rings is 3. The van der Waals surface area contributed by atoms with Crippen molar-refractivity contribution in [1.29, 1.82) is 0 Å². The van der Waals surface area contributed by atoms with Gasteiger partial charge in [-0.15, -0.1) is 0 Å². The maximum Gasteiger partial charge on any atom is 0.343 e. The van der Waals surface area contributed by atoms with Crippen LogP contribution in [0.5, 0.6) is 17.2 Å². The summed E-state index contributed by atoms with van der Waals surface area (Å²) in [4.78, 5) is 35.1. The lowest BCUT2D eigenvalue weighted by Crippen LogP contribution is -2.09. The van der Waals surface area contributed by atoms with E-state index in [2.05, 4.69) is 6.92 Å². The number of carbonyl (C=O) groups excluding carboxylic acids is 2. The molecule has 0 spiro atoms. The van der Waals surface area contributed by atoms with E-state index < -0.39 is 16.9 Å². The summed E-state index contributed by atoms with van der Waals surface area (Å²) in [7, 11) is 0. The highest BCUT2D eigenvalue weighted by Gasteiger charge is 2.13. The Labute approximate surface area is 260 Å². The molecule has 0 radical (unpaired) electrons. The Kier molecular flexibility index (Phi) is 15.5. The van der Waals surface area contributed by atoms with Gasteiger partial charge in [-0.05, 0) is 67.1 Å². The minimum atomic E-state index is -0.656. The zero-order valence-electron chi connectivity index (χ0n) is 25.8. The average molecular weight is 604 g/mol. The molecule has 3 rings (SSSR count). The standard InChI is InChI=1S/C36H45NO7/c1-2-3-4-5-6-7-8-9-10-11-12-13-14-15-28-42-32-22-18-30(19-23-32)36(39)44-34-26-24-33(25-27-34)43-35(38)29-16-20-31(21-17-29)37(40)41/h16-27H,2-15,28H2,1H3. The summed E-state index contributed by atoms with van der Waals surface area (Å²) in [6.07, 6.45) is 18.5. The van der Waals surface area contributed by atoms with Crippen molar-refractivity contribution in [3.63, 3.8) is 0 Å². The molecule has 0 fully saturated rings. The molecule has 0 aromatic heterocycles. The van der Waals surface area contributed by atoms with Crippen LogP contribution in [0.2, 0.25) is 0 Å². The van der Waals surface area contributed by atoms with Gasteiger partial charge >= 0.3 is 11.9 Å². The van der Waals surface area contributed by atoms with Crippen LogP contribution in [0.4, 0.5) is 5.69 Å². The van der Waals surface area contributed by atoms with Crippen molar-refractivity contribution in [2.45, 2.75) is 96.8 Å². The largest absolute Gasteiger partial charge is 0.494 e. The van der Waals surface area contributed by atoms with Gasteiger partial charge in [-0.25, -0.2) is 9.59 Å². The number of hydrogen-bond acceptors (Lipinski definition) is 7. The van der Waals surface area contributed by atoms with Gasteiger partial charge in [0.2, 0.25) is 0 Å². The van der Waals surface area contributed by atoms with Crippen molar-refractivity contribution < 1.29 is 28.7 Å². The van der Waals surface area contributed by atoms with Crippen molar-refractivity contribution in [3.8, 4) is 17.2 Å². The van der Waals surface area contributed by atoms with E-state index in [4.69, 9.17) is 14.2 Å². The summed E-state index contributed by atoms with van der Waals surface area (Å²) in [5, 5.41) is 10.8. The molecule has 236 valence electrons. The first kappa shape index (κ1) is 34.3. The number of hydrogen-bond donors (Lipinski definition) is 0. The summed E-state index contributed by atoms with van der Waals surface area (Å²) < 4.78 is 16.6. The highest BCUT2D eigenvalue weighted by atomic mass is 16.6. The van der Waals surface area contributed by atoms with Gasteiger partial charge < -0.3 is 14.2 Å². The summed E-state index contributed by atoms with van der Waals surface area (Å²) >= 11 is 0. The minimum absolute atomic E-state index is 0.116. The maximum atomic E-state index is 12.6. The van der Waals surface area contributed by atoms with Crippen LogP contribution in [-0.2, 0) is 0 Å². The summed E-state index contributed by atoms with van der Waals surface area (Å²) in [6.45, 7) is 2.92. The van der Waals surface area contributed by atoms with E-state index in [1.54, 1.807) is 24.3 Å². The molecule has 0 atom stereocenters. The first-order valence-corrected chi connectivity index (χ1v) is 16.0. The van der Waals surface area contributed by atoms with Gasteiger partial charge in [-0.3, -0.25) is 10.1 Å². The van der Waals surface area contributed by atoms with Crippen LogP contribution in [0, 0.1) is 10.1 Å². The molecule has 0 bridgehead atoms. The predicted octanol–water partition coefficient (Wildman–Crippen LogP) is 9.89. The minimum Gasteiger partial charge on any atom is -0.494 e. The monoisotopic (exact) mass is 603 g/mol. The SMILES string of the molecule is CCCCCCCCCCCCCCCCOc1ccc(C(=O)Oc2ccc(OC(=O)c3ccc([N+](=O)[O-])cc3)cc2)cc1. The summed E-state index contributed by atoms with van der Waals surface area (Å²) in [5.41, 5.74) is 0.454. The molecule has 0 amide bonds. The molecule has 0 saturated carbocycles. The van der Waals surface area contributed by atoms with Crippen LogP contribution in [0.15, 0.2) is 72.8 Å². The normalized spacial score (nSPS) is 10.8. The van der Waals surface area contributed by atoms with Crippen LogP contribution < -0.4 is 14.2 Å². The molecular formula is C36H45NO7. The molecule has 0 saturated heterocycles. The summed E-state index contributed by atoms with van der Waals surface area (Å²) in [5.74, 6) is 0.0857. The van der Waals surface area contributed by atoms with Crippen LogP contribution in [-0.4, -0.2) is 23.5 Å². The lowest BCUT2D eigenvalue weighted by Gasteiger charge is -2.08. The first-order valence-electron chi connectivity index (χ1n) is 16.0. The third-order valence-corrected chi connectivity index (χ3v) is 7.42. The second-order valence-corrected chi connectivity index (χ2v) is 11.0. The highest BCUT2D eigenvalue weighted by Crippen LogP contribution is 2.22. The Balaban J connectivity index is 1.26. The van der Waals surface area contributed by atoms with E-state index in [-0.39, 0.29) is 17.0 Å². The lowest BCUT2D eigenvalue weighted by molar-refractivity contribution is -0.384. The fourth-order valence-corrected chi connectivity index (χ4v) is 4.80. The van der Waals surface area contributed by atoms with Gasteiger partial charge in [-0.2, -0.15) is 0 Å². The van der Waals surface area contributed by atoms with E-state index in [0.29, 0.717) is 17.9 Å². The molecule has 3 aromatic rings. The van der Waals surface area contributed by atoms with E-state index in [9.17, 15) is 19.7 Å². The Morgan fingerprint density at radius 3 is 1.32 bits per heavy atom. The lowest BCUT2D eigenvalue weighted by atomic mass is 10.0. The molecular weight excluding hydrogens is 558 g/mol. The fourth-order valence-electron chi connectivity index (χ4n) is 4.80. The van der Waals surface area contributed by atoms with Crippen LogP contribution in [0.3, 0.4) is 0 Å². The van der Waals surface area contributed by atoms with Crippen molar-refractivity contribution in [3.05, 3.63) is 94.0 Å². The number of nitrogens with zero attached hydrogens (tertiary/aromatic N) is 1. The molecule has 8 nitrogen and oxygen atoms in total. The Bertz CT molecular complexity index is 1270. The number of ether oxygens (including phenoxy) is 3. The maximum absolute atomic E-state index is 12.6. The number of nitro benzene ring substituents is 1. The predicted molar refractivity (Wildman–Crippen MR) is 172 cm³/mol. The molecule has 0 N–H and O–H groups in total. The van der Waals surface area contributed by atoms with E-state index in [1.165, 1.54) is 126 Å². The van der Waals surface area contributed by atoms with Gasteiger partial charge in [-0.1, -0.05) is 90.4 Å². The van der Waals surface area contributed by atoms with Crippen LogP contribution in [0.25, 0.3) is 0 Å². The molecule has 0 aliphatic rings. The third kappa shape index (κ3) is 13.0. The van der Waals surface area contributed by atoms with Crippen LogP contribution in [0.1, 0.15) is 118 Å². The van der Waals surface area contributed by atoms with Gasteiger partial charge in [0.05, 0.1) is 22.7 Å². The summed E-state index contributed by atoms with van der Waals surface area (Å²) in [6, 6.07) is 18.0. The van der Waals surface area contributed by atoms with Crippen molar-refractivity contribution in [2.24, 2.45) is 0 Å². The van der Waals surface area contributed by atoms with Crippen molar-refractivity contribution >= 4 is 17.6 Å². The zero-order chi connectivity index (χ0) is 31.4. The van der Waals surface area contributed by atoms with Gasteiger partial charge in [0.15, 0.2) is 0 Å². The van der Waals surface area contributed by atoms with Crippen molar-refractivity contribution in [2.75, 3.05) is 6.61 Å². The second-order valence-electron chi connectivity index (χ2n) is 11.0. The molecule has 0 unspecified atom stereocenters. The zero-order valence-corrected chi connectivity index (χ0v) is 25.8. The second kappa shape index (κ2) is 19.9. The Morgan fingerprint density at radius 2 is 0.909 bits per heavy atom. The fraction of sp³-hybridized carbons (Fsp3) is 0.444. The molecule has 44 heavy (non-hydrogen) atoms. The van der Waals surface area contributed by atoms with Crippen molar-refractivity contribution in [1.82, 2.24) is 0 Å². The number of non-ortho nitro benzene ring substituents is 1. The van der Waals surface area contributed by atoms with Gasteiger partial charge in [0.1, 0.15) is 17.2 Å². The Hall–Kier alpha value is -4.20. The quantitative estimate of drug-likeness (QED) is 0.0392. The molecule has 0 aliphatic carbocycles. The van der Waals surface area contributed by atoms with Gasteiger partial charge in [0.25, 0.3) is 5.69 Å². The molecule has 0 heterocycles. The van der Waals surface area contributed by atoms with E-state index >= 15 is 0 Å². The average Bonchev–Trinajstić information content (AvgIpc) is 3.04. The molecule has 0 aliphatic heterocycles. The number of esters is 2. The van der Waals surface area contributed by atoms with Gasteiger partial charge in [0, 0.05) is 12.1 Å². The number of carbonyl (C=O) groups is 2. The topological polar surface area (TPSA) is 105 Å². The smallest absolute Gasteiger partial charge is 0.343 e. The van der Waals surface area contributed by atoms with E-state index in [0.717, 1.165) is 18.6 Å². The van der Waals surface area contributed by atoms with Crippen LogP contribution >= 0.6 is 0 Å². The number of nitro groups is 1. The van der Waals surface area contributed by atoms with E-state index in [1.807, 2.05) is 0 Å². The highest BCUT2D eigenvalue weighted by molar-refractivity contribution is 5.92. The third-order valence-electron chi connectivity index (χ3n) is 7.42. The number of unbranched alkanes of at least 4 members (excludes halogenated alkanes) is 13. The molecule has 8 heteroatoms. The first-order chi connectivity index (χ1) is 21.5.